The summed E-state index contributed by atoms with van der Waals surface area (Å²) in [7, 11) is 0. The van der Waals surface area contributed by atoms with Crippen molar-refractivity contribution in [2.45, 2.75) is 64.3 Å². The number of allylic oxidation sites excluding steroid dienone is 1. The number of hydrogen-bond acceptors (Lipinski definition) is 6. The number of carbonyl (C=O) groups is 1. The van der Waals surface area contributed by atoms with Crippen LogP contribution in [0.15, 0.2) is 36.8 Å². The van der Waals surface area contributed by atoms with Crippen molar-refractivity contribution in [3.63, 3.8) is 0 Å². The van der Waals surface area contributed by atoms with Gasteiger partial charge in [-0.1, -0.05) is 12.1 Å². The Bertz CT molecular complexity index is 1390. The summed E-state index contributed by atoms with van der Waals surface area (Å²) in [5, 5.41) is 4.29. The number of ether oxygens (including phenoxy) is 1. The Hall–Kier alpha value is -3.23. The standard InChI is InChI=1S/C30H34FN5O2/c1-19-13-21(16-32-29(19)23-5-7-25(8-6-23)35-9-11-38-12-10-35)14-28(37)26-18-34-36(20(26)2)30-27(31)15-24(17-33-30)22-3-4-22/h5,13,15-18,22,25H,3-4,6-12,14H2,1-2H3. The second-order valence-electron chi connectivity index (χ2n) is 10.8. The second-order valence-corrected chi connectivity index (χ2v) is 10.8. The molecule has 3 aliphatic rings. The summed E-state index contributed by atoms with van der Waals surface area (Å²) in [5.41, 5.74) is 6.27. The highest BCUT2D eigenvalue weighted by Crippen LogP contribution is 2.40. The fraction of sp³-hybridized carbons (Fsp3) is 0.467. The van der Waals surface area contributed by atoms with E-state index in [1.165, 1.54) is 16.5 Å². The van der Waals surface area contributed by atoms with Crippen LogP contribution in [0.2, 0.25) is 0 Å². The smallest absolute Gasteiger partial charge is 0.189 e. The number of carbonyl (C=O) groups excluding carboxylic acids is 1. The molecular weight excluding hydrogens is 481 g/mol. The largest absolute Gasteiger partial charge is 0.379 e. The van der Waals surface area contributed by atoms with Crippen molar-refractivity contribution in [2.75, 3.05) is 26.3 Å². The van der Waals surface area contributed by atoms with Gasteiger partial charge in [0.2, 0.25) is 0 Å². The molecule has 0 amide bonds. The van der Waals surface area contributed by atoms with Gasteiger partial charge in [-0.25, -0.2) is 14.1 Å². The van der Waals surface area contributed by atoms with Gasteiger partial charge in [-0.3, -0.25) is 14.7 Å². The molecule has 0 bridgehead atoms. The Morgan fingerprint density at radius 3 is 2.58 bits per heavy atom. The van der Waals surface area contributed by atoms with Crippen molar-refractivity contribution in [1.29, 1.82) is 0 Å². The summed E-state index contributed by atoms with van der Waals surface area (Å²) in [6.07, 6.45) is 13.0. The minimum Gasteiger partial charge on any atom is -0.379 e. The lowest BCUT2D eigenvalue weighted by atomic mass is 9.90. The fourth-order valence-corrected chi connectivity index (χ4v) is 5.79. The molecule has 6 rings (SSSR count). The molecule has 0 spiro atoms. The van der Waals surface area contributed by atoms with Gasteiger partial charge in [-0.2, -0.15) is 5.10 Å². The van der Waals surface area contributed by atoms with Gasteiger partial charge in [0.25, 0.3) is 0 Å². The number of rotatable bonds is 7. The highest BCUT2D eigenvalue weighted by atomic mass is 19.1. The van der Waals surface area contributed by atoms with Crippen LogP contribution < -0.4 is 0 Å². The summed E-state index contributed by atoms with van der Waals surface area (Å²) < 4.78 is 21.7. The Kier molecular flexibility index (Phi) is 6.93. The topological polar surface area (TPSA) is 73.1 Å². The molecule has 1 saturated carbocycles. The highest BCUT2D eigenvalue weighted by molar-refractivity contribution is 5.98. The van der Waals surface area contributed by atoms with Crippen LogP contribution in [0.25, 0.3) is 11.4 Å². The van der Waals surface area contributed by atoms with Gasteiger partial charge in [0.1, 0.15) is 0 Å². The predicted molar refractivity (Wildman–Crippen MR) is 143 cm³/mol. The summed E-state index contributed by atoms with van der Waals surface area (Å²) in [6, 6.07) is 4.19. The summed E-state index contributed by atoms with van der Waals surface area (Å²) in [6.45, 7) is 7.54. The van der Waals surface area contributed by atoms with Gasteiger partial charge in [-0.15, -0.1) is 0 Å². The summed E-state index contributed by atoms with van der Waals surface area (Å²) >= 11 is 0. The van der Waals surface area contributed by atoms with Crippen LogP contribution in [0.1, 0.15) is 76.5 Å². The van der Waals surface area contributed by atoms with Gasteiger partial charge < -0.3 is 4.74 Å². The predicted octanol–water partition coefficient (Wildman–Crippen LogP) is 4.99. The average molecular weight is 516 g/mol. The van der Waals surface area contributed by atoms with Crippen LogP contribution in [-0.2, 0) is 11.2 Å². The van der Waals surface area contributed by atoms with E-state index in [1.54, 1.807) is 19.2 Å². The first-order valence-corrected chi connectivity index (χ1v) is 13.7. The second kappa shape index (κ2) is 10.5. The monoisotopic (exact) mass is 515 g/mol. The number of morpholine rings is 1. The molecule has 2 aliphatic carbocycles. The molecule has 4 heterocycles. The normalized spacial score (nSPS) is 20.4. The molecule has 2 fully saturated rings. The van der Waals surface area contributed by atoms with Crippen LogP contribution in [0.5, 0.6) is 0 Å². The van der Waals surface area contributed by atoms with Crippen LogP contribution in [0.4, 0.5) is 4.39 Å². The van der Waals surface area contributed by atoms with E-state index in [9.17, 15) is 9.18 Å². The fourth-order valence-electron chi connectivity index (χ4n) is 5.79. The summed E-state index contributed by atoms with van der Waals surface area (Å²) in [5.74, 6) is 0.0717. The molecule has 3 aromatic heterocycles. The van der Waals surface area contributed by atoms with E-state index in [4.69, 9.17) is 9.72 Å². The number of aryl methyl sites for hydroxylation is 1. The average Bonchev–Trinajstić information content (AvgIpc) is 3.71. The molecule has 1 aliphatic heterocycles. The van der Waals surface area contributed by atoms with Crippen molar-refractivity contribution in [3.8, 4) is 5.82 Å². The lowest BCUT2D eigenvalue weighted by Crippen LogP contribution is -2.43. The zero-order chi connectivity index (χ0) is 26.2. The van der Waals surface area contributed by atoms with Crippen molar-refractivity contribution in [2.24, 2.45) is 0 Å². The molecule has 1 unspecified atom stereocenters. The number of nitrogens with zero attached hydrogens (tertiary/aromatic N) is 5. The lowest BCUT2D eigenvalue weighted by Gasteiger charge is -2.36. The molecule has 198 valence electrons. The molecule has 8 heteroatoms. The third-order valence-electron chi connectivity index (χ3n) is 8.15. The van der Waals surface area contributed by atoms with Crippen LogP contribution in [0.3, 0.4) is 0 Å². The molecule has 0 radical (unpaired) electrons. The number of Topliss-reactive ketones (excluding diaryl/α,β-unsaturated/α-hetero) is 1. The Balaban J connectivity index is 1.13. The first-order valence-electron chi connectivity index (χ1n) is 13.7. The Labute approximate surface area is 222 Å². The van der Waals surface area contributed by atoms with Crippen molar-refractivity contribution >= 4 is 11.4 Å². The van der Waals surface area contributed by atoms with Gasteiger partial charge in [0.05, 0.1) is 36.4 Å². The molecule has 1 saturated heterocycles. The quantitative estimate of drug-likeness (QED) is 0.413. The molecule has 1 atom stereocenters. The van der Waals surface area contributed by atoms with E-state index in [-0.39, 0.29) is 18.0 Å². The maximum atomic E-state index is 14.8. The number of hydrogen-bond donors (Lipinski definition) is 0. The minimum atomic E-state index is -0.414. The third-order valence-corrected chi connectivity index (χ3v) is 8.15. The number of pyridine rings is 2. The maximum absolute atomic E-state index is 14.8. The third kappa shape index (κ3) is 5.07. The van der Waals surface area contributed by atoms with Crippen molar-refractivity contribution in [3.05, 3.63) is 76.3 Å². The van der Waals surface area contributed by atoms with Crippen LogP contribution in [0, 0.1) is 19.7 Å². The van der Waals surface area contributed by atoms with E-state index >= 15 is 0 Å². The van der Waals surface area contributed by atoms with Gasteiger partial charge in [0.15, 0.2) is 17.4 Å². The Morgan fingerprint density at radius 1 is 1.08 bits per heavy atom. The number of aromatic nitrogens is 4. The zero-order valence-corrected chi connectivity index (χ0v) is 22.1. The van der Waals surface area contributed by atoms with Gasteiger partial charge >= 0.3 is 0 Å². The zero-order valence-electron chi connectivity index (χ0n) is 22.1. The van der Waals surface area contributed by atoms with Crippen LogP contribution in [-0.4, -0.2) is 62.8 Å². The molecule has 7 nitrogen and oxygen atoms in total. The molecule has 0 aromatic carbocycles. The molecule has 0 N–H and O–H groups in total. The first kappa shape index (κ1) is 25.1. The lowest BCUT2D eigenvalue weighted by molar-refractivity contribution is 0.0150. The van der Waals surface area contributed by atoms with Gasteiger partial charge in [-0.05, 0) is 80.2 Å². The van der Waals surface area contributed by atoms with E-state index in [2.05, 4.69) is 34.0 Å². The molecule has 3 aromatic rings. The van der Waals surface area contributed by atoms with Gasteiger partial charge in [0, 0.05) is 37.9 Å². The van der Waals surface area contributed by atoms with E-state index in [0.29, 0.717) is 23.2 Å². The molecule has 38 heavy (non-hydrogen) atoms. The highest BCUT2D eigenvalue weighted by Gasteiger charge is 2.27. The Morgan fingerprint density at radius 2 is 1.89 bits per heavy atom. The number of halogens is 1. The maximum Gasteiger partial charge on any atom is 0.189 e. The SMILES string of the molecule is Cc1cc(CC(=O)c2cnn(-c3ncc(C4CC4)cc3F)c2C)cnc1C1=CCC(N2CCOCC2)CC1. The van der Waals surface area contributed by atoms with E-state index in [1.807, 2.05) is 6.20 Å². The van der Waals surface area contributed by atoms with Crippen molar-refractivity contribution < 1.29 is 13.9 Å². The van der Waals surface area contributed by atoms with E-state index in [0.717, 1.165) is 80.8 Å². The number of ketones is 1. The first-order chi connectivity index (χ1) is 18.5. The van der Waals surface area contributed by atoms with E-state index < -0.39 is 5.82 Å². The molecular formula is C30H34FN5O2. The summed E-state index contributed by atoms with van der Waals surface area (Å²) in [4.78, 5) is 24.8. The minimum absolute atomic E-state index is 0.0667. The van der Waals surface area contributed by atoms with Crippen LogP contribution >= 0.6 is 0 Å². The van der Waals surface area contributed by atoms with Crippen molar-refractivity contribution in [1.82, 2.24) is 24.6 Å².